The summed E-state index contributed by atoms with van der Waals surface area (Å²) in [7, 11) is 0. The fourth-order valence-electron chi connectivity index (χ4n) is 2.13. The van der Waals surface area contributed by atoms with Gasteiger partial charge in [0.1, 0.15) is 0 Å². The lowest BCUT2D eigenvalue weighted by atomic mass is 10.2. The summed E-state index contributed by atoms with van der Waals surface area (Å²) in [6.07, 6.45) is 0. The zero-order valence-electron chi connectivity index (χ0n) is 10.9. The highest BCUT2D eigenvalue weighted by atomic mass is 79.9. The van der Waals surface area contributed by atoms with E-state index in [4.69, 9.17) is 5.73 Å². The van der Waals surface area contributed by atoms with Crippen LogP contribution in [0.5, 0.6) is 0 Å². The van der Waals surface area contributed by atoms with Gasteiger partial charge in [-0.3, -0.25) is 14.2 Å². The highest BCUT2D eigenvalue weighted by Gasteiger charge is 2.09. The predicted octanol–water partition coefficient (Wildman–Crippen LogP) is 2.82. The fraction of sp³-hybridized carbons (Fsp3) is 0.0667. The van der Waals surface area contributed by atoms with Gasteiger partial charge in [0.25, 0.3) is 5.56 Å². The van der Waals surface area contributed by atoms with E-state index in [9.17, 15) is 9.59 Å². The minimum Gasteiger partial charge on any atom is -0.398 e. The molecule has 3 rings (SSSR count). The Bertz CT molecular complexity index is 946. The summed E-state index contributed by atoms with van der Waals surface area (Å²) in [5.74, 6) is 0. The number of nitrogens with two attached hydrogens (primary N) is 1. The normalized spacial score (nSPS) is 10.9. The molecule has 0 aliphatic rings. The predicted molar refractivity (Wildman–Crippen MR) is 90.0 cm³/mol. The van der Waals surface area contributed by atoms with E-state index in [1.54, 1.807) is 24.3 Å². The number of nitrogen functional groups attached to an aromatic ring is 1. The number of nitrogens with zero attached hydrogens (tertiary/aromatic N) is 1. The molecular weight excluding hydrogens is 352 g/mol. The van der Waals surface area contributed by atoms with Crippen LogP contribution in [0.15, 0.2) is 56.5 Å². The van der Waals surface area contributed by atoms with Crippen LogP contribution in [0.1, 0.15) is 5.56 Å². The monoisotopic (exact) mass is 362 g/mol. The average Bonchev–Trinajstić information content (AvgIpc) is 2.45. The van der Waals surface area contributed by atoms with Crippen molar-refractivity contribution in [1.82, 2.24) is 4.57 Å². The fourth-order valence-corrected chi connectivity index (χ4v) is 3.36. The van der Waals surface area contributed by atoms with E-state index in [0.29, 0.717) is 15.8 Å². The van der Waals surface area contributed by atoms with E-state index in [-0.39, 0.29) is 17.0 Å². The molecule has 6 heteroatoms. The maximum absolute atomic E-state index is 12.5. The van der Waals surface area contributed by atoms with E-state index < -0.39 is 0 Å². The number of rotatable bonds is 2. The molecule has 0 unspecified atom stereocenters. The molecule has 106 valence electrons. The Morgan fingerprint density at radius 1 is 1.14 bits per heavy atom. The third-order valence-corrected chi connectivity index (χ3v) is 4.68. The van der Waals surface area contributed by atoms with Gasteiger partial charge in [-0.2, -0.15) is 0 Å². The van der Waals surface area contributed by atoms with Crippen LogP contribution in [0, 0.1) is 0 Å². The van der Waals surface area contributed by atoms with Crippen LogP contribution in [-0.4, -0.2) is 4.57 Å². The molecule has 0 aliphatic heterocycles. The number of hydrogen-bond acceptors (Lipinski definition) is 4. The Kier molecular flexibility index (Phi) is 3.65. The van der Waals surface area contributed by atoms with Crippen molar-refractivity contribution in [3.63, 3.8) is 0 Å². The molecule has 0 fully saturated rings. The molecule has 0 aliphatic carbocycles. The van der Waals surface area contributed by atoms with Crippen LogP contribution < -0.4 is 16.2 Å². The molecule has 4 nitrogen and oxygen atoms in total. The summed E-state index contributed by atoms with van der Waals surface area (Å²) in [6, 6.07) is 12.5. The quantitative estimate of drug-likeness (QED) is 0.712. The molecule has 0 atom stereocenters. The van der Waals surface area contributed by atoms with Crippen molar-refractivity contribution >= 4 is 43.0 Å². The first-order valence-electron chi connectivity index (χ1n) is 6.23. The number of hydrogen-bond donors (Lipinski definition) is 1. The third kappa shape index (κ3) is 2.64. The number of benzene rings is 2. The first kappa shape index (κ1) is 14.0. The molecule has 0 spiro atoms. The van der Waals surface area contributed by atoms with E-state index in [1.165, 1.54) is 4.57 Å². The zero-order valence-corrected chi connectivity index (χ0v) is 13.3. The lowest BCUT2D eigenvalue weighted by Gasteiger charge is -2.08. The molecule has 1 aromatic heterocycles. The van der Waals surface area contributed by atoms with Gasteiger partial charge in [-0.15, -0.1) is 0 Å². The van der Waals surface area contributed by atoms with Crippen LogP contribution in [-0.2, 0) is 6.54 Å². The molecule has 3 aromatic rings. The van der Waals surface area contributed by atoms with Crippen LogP contribution in [0.4, 0.5) is 5.69 Å². The second-order valence-corrected chi connectivity index (χ2v) is 6.51. The molecule has 1 heterocycles. The third-order valence-electron chi connectivity index (χ3n) is 3.22. The van der Waals surface area contributed by atoms with Crippen molar-refractivity contribution in [2.75, 3.05) is 5.73 Å². The lowest BCUT2D eigenvalue weighted by Crippen LogP contribution is -2.31. The van der Waals surface area contributed by atoms with Gasteiger partial charge in [-0.05, 0) is 29.8 Å². The summed E-state index contributed by atoms with van der Waals surface area (Å²) in [5.41, 5.74) is 6.96. The molecule has 0 saturated carbocycles. The van der Waals surface area contributed by atoms with E-state index in [2.05, 4.69) is 15.9 Å². The summed E-state index contributed by atoms with van der Waals surface area (Å²) < 4.78 is 2.79. The second kappa shape index (κ2) is 5.46. The van der Waals surface area contributed by atoms with Crippen LogP contribution in [0.2, 0.25) is 0 Å². The van der Waals surface area contributed by atoms with Crippen molar-refractivity contribution in [3.05, 3.63) is 72.5 Å². The molecule has 0 saturated heterocycles. The maximum atomic E-state index is 12.5. The lowest BCUT2D eigenvalue weighted by molar-refractivity contribution is 0.754. The molecule has 0 radical (unpaired) electrons. The maximum Gasteiger partial charge on any atom is 0.310 e. The molecule has 2 N–H and O–H groups in total. The average molecular weight is 363 g/mol. The van der Waals surface area contributed by atoms with Crippen LogP contribution in [0.3, 0.4) is 0 Å². The first-order chi connectivity index (χ1) is 10.1. The van der Waals surface area contributed by atoms with Crippen LogP contribution >= 0.6 is 27.3 Å². The van der Waals surface area contributed by atoms with Gasteiger partial charge >= 0.3 is 4.87 Å². The molecule has 0 amide bonds. The highest BCUT2D eigenvalue weighted by Crippen LogP contribution is 2.19. The minimum atomic E-state index is -0.281. The van der Waals surface area contributed by atoms with E-state index in [1.807, 2.05) is 18.2 Å². The summed E-state index contributed by atoms with van der Waals surface area (Å²) in [4.78, 5) is 24.3. The number of anilines is 1. The second-order valence-electron chi connectivity index (χ2n) is 4.60. The SMILES string of the molecule is Nc1cc(Br)ccc1Cn1c(=O)sc2ccccc2c1=O. The molecule has 0 bridgehead atoms. The largest absolute Gasteiger partial charge is 0.398 e. The Labute approximate surface area is 132 Å². The van der Waals surface area contributed by atoms with E-state index in [0.717, 1.165) is 21.4 Å². The Hall–Kier alpha value is -1.92. The van der Waals surface area contributed by atoms with Gasteiger partial charge in [0.2, 0.25) is 0 Å². The Morgan fingerprint density at radius 3 is 2.67 bits per heavy atom. The molecule has 21 heavy (non-hydrogen) atoms. The van der Waals surface area contributed by atoms with Gasteiger partial charge < -0.3 is 5.73 Å². The molecular formula is C15H11BrN2O2S. The van der Waals surface area contributed by atoms with Crippen molar-refractivity contribution < 1.29 is 0 Å². The molecule has 2 aromatic carbocycles. The van der Waals surface area contributed by atoms with Crippen molar-refractivity contribution in [2.45, 2.75) is 6.54 Å². The minimum absolute atomic E-state index is 0.179. The number of halogens is 1. The number of fused-ring (bicyclic) bond motifs is 1. The summed E-state index contributed by atoms with van der Waals surface area (Å²) in [5, 5.41) is 0.554. The standard InChI is InChI=1S/C15H11BrN2O2S/c16-10-6-5-9(12(17)7-10)8-18-14(19)11-3-1-2-4-13(11)21-15(18)20/h1-7H,8,17H2. The van der Waals surface area contributed by atoms with Crippen molar-refractivity contribution in [1.29, 1.82) is 0 Å². The summed E-state index contributed by atoms with van der Waals surface area (Å²) >= 11 is 4.40. The van der Waals surface area contributed by atoms with Gasteiger partial charge in [-0.1, -0.05) is 45.5 Å². The summed E-state index contributed by atoms with van der Waals surface area (Å²) in [6.45, 7) is 0.179. The van der Waals surface area contributed by atoms with Gasteiger partial charge in [0.05, 0.1) is 11.9 Å². The number of aromatic nitrogens is 1. The topological polar surface area (TPSA) is 65.1 Å². The first-order valence-corrected chi connectivity index (χ1v) is 7.84. The van der Waals surface area contributed by atoms with Crippen molar-refractivity contribution in [2.24, 2.45) is 0 Å². The van der Waals surface area contributed by atoms with Gasteiger partial charge in [-0.25, -0.2) is 0 Å². The smallest absolute Gasteiger partial charge is 0.310 e. The van der Waals surface area contributed by atoms with Crippen LogP contribution in [0.25, 0.3) is 10.1 Å². The van der Waals surface area contributed by atoms with Gasteiger partial charge in [0, 0.05) is 14.9 Å². The van der Waals surface area contributed by atoms with Gasteiger partial charge in [0.15, 0.2) is 0 Å². The van der Waals surface area contributed by atoms with Crippen molar-refractivity contribution in [3.8, 4) is 0 Å². The zero-order chi connectivity index (χ0) is 15.0. The Balaban J connectivity index is 2.17. The highest BCUT2D eigenvalue weighted by molar-refractivity contribution is 9.10. The Morgan fingerprint density at radius 2 is 1.90 bits per heavy atom. The van der Waals surface area contributed by atoms with E-state index >= 15 is 0 Å².